The highest BCUT2D eigenvalue weighted by atomic mass is 32.1. The summed E-state index contributed by atoms with van der Waals surface area (Å²) < 4.78 is 5.46. The van der Waals surface area contributed by atoms with Crippen molar-refractivity contribution in [1.29, 1.82) is 0 Å². The van der Waals surface area contributed by atoms with E-state index < -0.39 is 23.5 Å². The Hall–Kier alpha value is -3.45. The minimum Gasteiger partial charge on any atom is -0.503 e. The fraction of sp³-hybridized carbons (Fsp3) is 0.0952. The van der Waals surface area contributed by atoms with Crippen molar-refractivity contribution >= 4 is 28.8 Å². The number of nitrogens with zero attached hydrogens (tertiary/aromatic N) is 2. The summed E-state index contributed by atoms with van der Waals surface area (Å²) in [6.07, 6.45) is 1.55. The molecule has 1 aliphatic heterocycles. The van der Waals surface area contributed by atoms with Gasteiger partial charge in [0.2, 0.25) is 5.78 Å². The highest BCUT2D eigenvalue weighted by Gasteiger charge is 2.46. The van der Waals surface area contributed by atoms with Gasteiger partial charge in [-0.05, 0) is 29.6 Å². The predicted molar refractivity (Wildman–Crippen MR) is 106 cm³/mol. The number of amides is 1. The molecule has 0 radical (unpaired) electrons. The highest BCUT2D eigenvalue weighted by molar-refractivity contribution is 7.12. The molecular formula is C21H16N2O4S. The summed E-state index contributed by atoms with van der Waals surface area (Å²) in [4.78, 5) is 32.2. The van der Waals surface area contributed by atoms with Crippen LogP contribution in [0.25, 0.3) is 0 Å². The number of rotatable bonds is 5. The van der Waals surface area contributed by atoms with Crippen LogP contribution in [0.15, 0.2) is 77.5 Å². The Morgan fingerprint density at radius 1 is 1.14 bits per heavy atom. The first-order chi connectivity index (χ1) is 13.6. The summed E-state index contributed by atoms with van der Waals surface area (Å²) in [7, 11) is 1.52. The Morgan fingerprint density at radius 2 is 1.93 bits per heavy atom. The van der Waals surface area contributed by atoms with E-state index in [0.717, 1.165) is 0 Å². The number of hydrogen-bond acceptors (Lipinski definition) is 6. The van der Waals surface area contributed by atoms with Crippen LogP contribution in [-0.4, -0.2) is 28.9 Å². The number of pyridine rings is 1. The lowest BCUT2D eigenvalue weighted by molar-refractivity contribution is -0.117. The van der Waals surface area contributed by atoms with Crippen molar-refractivity contribution < 1.29 is 19.4 Å². The Bertz CT molecular complexity index is 1060. The molecule has 3 aromatic rings. The molecule has 3 heterocycles. The zero-order chi connectivity index (χ0) is 19.7. The maximum absolute atomic E-state index is 13.2. The Kier molecular flexibility index (Phi) is 4.67. The maximum atomic E-state index is 13.2. The number of aromatic nitrogens is 1. The molecule has 1 N–H and O–H groups in total. The molecule has 6 nitrogen and oxygen atoms in total. The first-order valence-corrected chi connectivity index (χ1v) is 9.40. The number of ketones is 1. The average molecular weight is 392 g/mol. The van der Waals surface area contributed by atoms with E-state index in [1.807, 2.05) is 0 Å². The second-order valence-corrected chi connectivity index (χ2v) is 7.02. The molecule has 1 aromatic carbocycles. The topological polar surface area (TPSA) is 79.7 Å². The standard InChI is InChI=1S/C21H16N2O4S/c1-27-14-8-3-2-7-13(14)18-17(19(24)15-9-6-12-28-15)20(25)21(26)23(18)16-10-4-5-11-22-16/h2-12,18,25H,1H3/t18-/m1/s1. The second-order valence-electron chi connectivity index (χ2n) is 6.08. The first-order valence-electron chi connectivity index (χ1n) is 8.52. The van der Waals surface area contributed by atoms with E-state index in [-0.39, 0.29) is 5.57 Å². The van der Waals surface area contributed by atoms with Gasteiger partial charge in [-0.3, -0.25) is 14.5 Å². The van der Waals surface area contributed by atoms with Gasteiger partial charge in [-0.1, -0.05) is 30.3 Å². The Morgan fingerprint density at radius 3 is 2.61 bits per heavy atom. The lowest BCUT2D eigenvalue weighted by Gasteiger charge is -2.27. The number of aliphatic hydroxyl groups is 1. The molecule has 1 atom stereocenters. The Balaban J connectivity index is 1.93. The van der Waals surface area contributed by atoms with E-state index in [9.17, 15) is 14.7 Å². The molecule has 0 bridgehead atoms. The summed E-state index contributed by atoms with van der Waals surface area (Å²) in [5.41, 5.74) is 0.607. The Labute approximate surface area is 165 Å². The molecule has 0 saturated heterocycles. The highest BCUT2D eigenvalue weighted by Crippen LogP contribution is 2.44. The molecule has 0 saturated carbocycles. The monoisotopic (exact) mass is 392 g/mol. The van der Waals surface area contributed by atoms with Gasteiger partial charge < -0.3 is 9.84 Å². The minimum atomic E-state index is -0.854. The van der Waals surface area contributed by atoms with Gasteiger partial charge in [0.15, 0.2) is 5.76 Å². The summed E-state index contributed by atoms with van der Waals surface area (Å²) in [5.74, 6) is -0.791. The fourth-order valence-corrected chi connectivity index (χ4v) is 3.97. The van der Waals surface area contributed by atoms with Gasteiger partial charge in [-0.2, -0.15) is 0 Å². The molecule has 4 rings (SSSR count). The van der Waals surface area contributed by atoms with Crippen LogP contribution in [0.3, 0.4) is 0 Å². The molecule has 2 aromatic heterocycles. The van der Waals surface area contributed by atoms with Crippen LogP contribution in [0.5, 0.6) is 5.75 Å². The van der Waals surface area contributed by atoms with Gasteiger partial charge >= 0.3 is 0 Å². The van der Waals surface area contributed by atoms with E-state index in [2.05, 4.69) is 4.98 Å². The van der Waals surface area contributed by atoms with Crippen LogP contribution in [0, 0.1) is 0 Å². The molecule has 7 heteroatoms. The van der Waals surface area contributed by atoms with Gasteiger partial charge in [0.1, 0.15) is 17.6 Å². The van der Waals surface area contributed by atoms with Gasteiger partial charge in [0.05, 0.1) is 17.6 Å². The van der Waals surface area contributed by atoms with Crippen LogP contribution >= 0.6 is 11.3 Å². The van der Waals surface area contributed by atoms with Crippen LogP contribution in [-0.2, 0) is 4.79 Å². The third-order valence-corrected chi connectivity index (χ3v) is 5.40. The van der Waals surface area contributed by atoms with Crippen molar-refractivity contribution in [3.63, 3.8) is 0 Å². The van der Waals surface area contributed by atoms with Crippen molar-refractivity contribution in [2.45, 2.75) is 6.04 Å². The van der Waals surface area contributed by atoms with Crippen molar-refractivity contribution in [3.05, 3.63) is 87.9 Å². The third kappa shape index (κ3) is 2.86. The number of carbonyl (C=O) groups is 2. The van der Waals surface area contributed by atoms with E-state index in [0.29, 0.717) is 22.0 Å². The molecule has 0 unspecified atom stereocenters. The predicted octanol–water partition coefficient (Wildman–Crippen LogP) is 3.93. The van der Waals surface area contributed by atoms with Crippen molar-refractivity contribution in [3.8, 4) is 5.75 Å². The maximum Gasteiger partial charge on any atom is 0.295 e. The fourth-order valence-electron chi connectivity index (χ4n) is 3.30. The van der Waals surface area contributed by atoms with E-state index in [1.54, 1.807) is 66.2 Å². The van der Waals surface area contributed by atoms with E-state index in [1.165, 1.54) is 23.3 Å². The lowest BCUT2D eigenvalue weighted by Crippen LogP contribution is -2.31. The second kappa shape index (κ2) is 7.28. The quantitative estimate of drug-likeness (QED) is 0.666. The zero-order valence-corrected chi connectivity index (χ0v) is 15.7. The van der Waals surface area contributed by atoms with Crippen LogP contribution < -0.4 is 9.64 Å². The van der Waals surface area contributed by atoms with Gasteiger partial charge in [-0.25, -0.2) is 4.98 Å². The minimum absolute atomic E-state index is 0.0163. The molecular weight excluding hydrogens is 376 g/mol. The van der Waals surface area contributed by atoms with Gasteiger partial charge in [0, 0.05) is 11.8 Å². The lowest BCUT2D eigenvalue weighted by atomic mass is 9.94. The third-order valence-electron chi connectivity index (χ3n) is 4.53. The van der Waals surface area contributed by atoms with Crippen molar-refractivity contribution in [1.82, 2.24) is 4.98 Å². The van der Waals surface area contributed by atoms with E-state index >= 15 is 0 Å². The SMILES string of the molecule is COc1ccccc1[C@@H]1C(C(=O)c2cccs2)=C(O)C(=O)N1c1ccccn1. The molecule has 1 amide bonds. The molecule has 28 heavy (non-hydrogen) atoms. The number of hydrogen-bond donors (Lipinski definition) is 1. The summed E-state index contributed by atoms with van der Waals surface area (Å²) in [6, 6.07) is 14.8. The smallest absolute Gasteiger partial charge is 0.295 e. The number of ether oxygens (including phenoxy) is 1. The normalized spacial score (nSPS) is 16.5. The van der Waals surface area contributed by atoms with Crippen LogP contribution in [0.4, 0.5) is 5.82 Å². The van der Waals surface area contributed by atoms with Gasteiger partial charge in [-0.15, -0.1) is 11.3 Å². The van der Waals surface area contributed by atoms with Crippen LogP contribution in [0.2, 0.25) is 0 Å². The number of aliphatic hydroxyl groups excluding tert-OH is 1. The molecule has 1 aliphatic rings. The molecule has 0 aliphatic carbocycles. The number of methoxy groups -OCH3 is 1. The number of thiophene rings is 1. The van der Waals surface area contributed by atoms with E-state index in [4.69, 9.17) is 4.74 Å². The molecule has 0 spiro atoms. The average Bonchev–Trinajstić information content (AvgIpc) is 3.36. The number of para-hydroxylation sites is 1. The summed E-state index contributed by atoms with van der Waals surface area (Å²) in [6.45, 7) is 0. The van der Waals surface area contributed by atoms with Crippen LogP contribution in [0.1, 0.15) is 21.3 Å². The van der Waals surface area contributed by atoms with Crippen molar-refractivity contribution in [2.24, 2.45) is 0 Å². The molecule has 140 valence electrons. The zero-order valence-electron chi connectivity index (χ0n) is 14.9. The largest absolute Gasteiger partial charge is 0.503 e. The summed E-state index contributed by atoms with van der Waals surface area (Å²) in [5, 5.41) is 12.4. The number of benzene rings is 1. The molecule has 0 fully saturated rings. The number of carbonyl (C=O) groups excluding carboxylic acids is 2. The number of Topliss-reactive ketones (excluding diaryl/α,β-unsaturated/α-hetero) is 1. The first kappa shape index (κ1) is 17.9. The summed E-state index contributed by atoms with van der Waals surface area (Å²) >= 11 is 1.25. The van der Waals surface area contributed by atoms with Crippen molar-refractivity contribution in [2.75, 3.05) is 12.0 Å². The van der Waals surface area contributed by atoms with Gasteiger partial charge in [0.25, 0.3) is 5.91 Å². The number of anilines is 1.